The van der Waals surface area contributed by atoms with Gasteiger partial charge in [0.05, 0.1) is 12.1 Å². The van der Waals surface area contributed by atoms with Gasteiger partial charge in [-0.25, -0.2) is 0 Å². The highest BCUT2D eigenvalue weighted by Crippen LogP contribution is 2.36. The zero-order valence-electron chi connectivity index (χ0n) is 9.05. The molecule has 15 heavy (non-hydrogen) atoms. The van der Waals surface area contributed by atoms with Gasteiger partial charge in [0, 0.05) is 20.8 Å². The predicted molar refractivity (Wildman–Crippen MR) is 67.5 cm³/mol. The second-order valence-electron chi connectivity index (χ2n) is 3.89. The van der Waals surface area contributed by atoms with E-state index in [0.29, 0.717) is 12.1 Å². The molecule has 2 atom stereocenters. The summed E-state index contributed by atoms with van der Waals surface area (Å²) >= 11 is 5.47. The van der Waals surface area contributed by atoms with Gasteiger partial charge in [-0.05, 0) is 48.8 Å². The number of ether oxygens (including phenoxy) is 1. The van der Waals surface area contributed by atoms with Crippen molar-refractivity contribution >= 4 is 27.3 Å². The number of hydrogen-bond donors (Lipinski definition) is 1. The van der Waals surface area contributed by atoms with Crippen molar-refractivity contribution in [1.29, 1.82) is 0 Å². The standard InChI is InChI=1S/C11H16BrNOS/c1-7-6-8(12)11(15-7)10(13-2)9-4-3-5-14-9/h6,9-10,13H,3-5H2,1-2H3. The van der Waals surface area contributed by atoms with Crippen LogP contribution in [0.3, 0.4) is 0 Å². The maximum absolute atomic E-state index is 5.75. The molecule has 84 valence electrons. The number of likely N-dealkylation sites (N-methyl/N-ethyl adjacent to an activating group) is 1. The second-order valence-corrected chi connectivity index (χ2v) is 6.03. The molecule has 2 rings (SSSR count). The third kappa shape index (κ3) is 2.44. The summed E-state index contributed by atoms with van der Waals surface area (Å²) in [5.74, 6) is 0. The van der Waals surface area contributed by atoms with Crippen molar-refractivity contribution in [3.05, 3.63) is 20.3 Å². The minimum absolute atomic E-state index is 0.334. The van der Waals surface area contributed by atoms with Gasteiger partial charge in [0.1, 0.15) is 0 Å². The van der Waals surface area contributed by atoms with Crippen LogP contribution in [0.25, 0.3) is 0 Å². The molecule has 0 spiro atoms. The van der Waals surface area contributed by atoms with Crippen LogP contribution >= 0.6 is 27.3 Å². The molecular formula is C11H16BrNOS. The molecule has 0 aliphatic carbocycles. The molecular weight excluding hydrogens is 274 g/mol. The van der Waals surface area contributed by atoms with Crippen LogP contribution < -0.4 is 5.32 Å². The summed E-state index contributed by atoms with van der Waals surface area (Å²) in [5.41, 5.74) is 0. The first-order chi connectivity index (χ1) is 7.22. The lowest BCUT2D eigenvalue weighted by atomic mass is 10.1. The lowest BCUT2D eigenvalue weighted by molar-refractivity contribution is 0.0816. The molecule has 0 amide bonds. The van der Waals surface area contributed by atoms with Crippen LogP contribution in [0.1, 0.15) is 28.6 Å². The molecule has 1 fully saturated rings. The van der Waals surface area contributed by atoms with Crippen LogP contribution in [0.4, 0.5) is 0 Å². The van der Waals surface area contributed by atoms with Crippen LogP contribution in [-0.4, -0.2) is 19.8 Å². The van der Waals surface area contributed by atoms with E-state index in [-0.39, 0.29) is 0 Å². The van der Waals surface area contributed by atoms with Gasteiger partial charge in [0.15, 0.2) is 0 Å². The van der Waals surface area contributed by atoms with Crippen molar-refractivity contribution in [3.63, 3.8) is 0 Å². The van der Waals surface area contributed by atoms with Crippen molar-refractivity contribution in [2.45, 2.75) is 31.9 Å². The summed E-state index contributed by atoms with van der Waals surface area (Å²) in [6, 6.07) is 2.51. The van der Waals surface area contributed by atoms with Gasteiger partial charge < -0.3 is 10.1 Å². The maximum atomic E-state index is 5.75. The Morgan fingerprint density at radius 1 is 1.67 bits per heavy atom. The Balaban J connectivity index is 2.21. The molecule has 2 unspecified atom stereocenters. The SMILES string of the molecule is CNC(c1sc(C)cc1Br)C1CCCO1. The number of rotatable bonds is 3. The average molecular weight is 290 g/mol. The fourth-order valence-electron chi connectivity index (χ4n) is 2.06. The van der Waals surface area contributed by atoms with Gasteiger partial charge in [-0.2, -0.15) is 0 Å². The molecule has 0 radical (unpaired) electrons. The summed E-state index contributed by atoms with van der Waals surface area (Å²) in [7, 11) is 2.01. The molecule has 1 aliphatic rings. The molecule has 2 nitrogen and oxygen atoms in total. The highest BCUT2D eigenvalue weighted by molar-refractivity contribution is 9.10. The Bertz CT molecular complexity index is 333. The van der Waals surface area contributed by atoms with Crippen molar-refractivity contribution in [2.24, 2.45) is 0 Å². The van der Waals surface area contributed by atoms with Crippen LogP contribution in [-0.2, 0) is 4.74 Å². The number of halogens is 1. The van der Waals surface area contributed by atoms with Gasteiger partial charge >= 0.3 is 0 Å². The highest BCUT2D eigenvalue weighted by atomic mass is 79.9. The average Bonchev–Trinajstić information content (AvgIpc) is 2.79. The summed E-state index contributed by atoms with van der Waals surface area (Å²) in [6.07, 6.45) is 2.68. The van der Waals surface area contributed by atoms with E-state index in [1.165, 1.54) is 20.6 Å². The second kappa shape index (κ2) is 4.95. The zero-order valence-corrected chi connectivity index (χ0v) is 11.5. The largest absolute Gasteiger partial charge is 0.376 e. The first kappa shape index (κ1) is 11.6. The summed E-state index contributed by atoms with van der Waals surface area (Å²) in [6.45, 7) is 3.05. The first-order valence-electron chi connectivity index (χ1n) is 5.27. The fraction of sp³-hybridized carbons (Fsp3) is 0.636. The van der Waals surface area contributed by atoms with E-state index in [1.54, 1.807) is 0 Å². The molecule has 0 bridgehead atoms. The topological polar surface area (TPSA) is 21.3 Å². The summed E-state index contributed by atoms with van der Waals surface area (Å²) < 4.78 is 6.96. The molecule has 4 heteroatoms. The smallest absolute Gasteiger partial charge is 0.0778 e. The lowest BCUT2D eigenvalue weighted by Gasteiger charge is -2.21. The van der Waals surface area contributed by atoms with E-state index < -0.39 is 0 Å². The minimum Gasteiger partial charge on any atom is -0.376 e. The molecule has 1 aliphatic heterocycles. The monoisotopic (exact) mass is 289 g/mol. The predicted octanol–water partition coefficient (Wildman–Crippen LogP) is 3.26. The van der Waals surface area contributed by atoms with Gasteiger partial charge in [0.2, 0.25) is 0 Å². The van der Waals surface area contributed by atoms with Crippen molar-refractivity contribution in [1.82, 2.24) is 5.32 Å². The Morgan fingerprint density at radius 2 is 2.47 bits per heavy atom. The van der Waals surface area contributed by atoms with E-state index in [9.17, 15) is 0 Å². The van der Waals surface area contributed by atoms with Crippen molar-refractivity contribution in [3.8, 4) is 0 Å². The minimum atomic E-state index is 0.334. The molecule has 2 heterocycles. The summed E-state index contributed by atoms with van der Waals surface area (Å²) in [4.78, 5) is 2.71. The third-order valence-corrected chi connectivity index (χ3v) is 4.82. The Hall–Kier alpha value is 0.1000. The van der Waals surface area contributed by atoms with Crippen molar-refractivity contribution < 1.29 is 4.74 Å². The molecule has 0 saturated carbocycles. The number of hydrogen-bond acceptors (Lipinski definition) is 3. The van der Waals surface area contributed by atoms with Gasteiger partial charge in [0.25, 0.3) is 0 Å². The molecule has 1 saturated heterocycles. The zero-order chi connectivity index (χ0) is 10.8. The van der Waals surface area contributed by atoms with Crippen molar-refractivity contribution in [2.75, 3.05) is 13.7 Å². The fourth-order valence-corrected chi connectivity index (χ4v) is 4.13. The molecule has 1 aromatic heterocycles. The Labute approximate surface area is 103 Å². The Kier molecular flexibility index (Phi) is 3.83. The van der Waals surface area contributed by atoms with E-state index >= 15 is 0 Å². The molecule has 1 aromatic rings. The first-order valence-corrected chi connectivity index (χ1v) is 6.88. The van der Waals surface area contributed by atoms with Crippen LogP contribution in [0, 0.1) is 6.92 Å². The Morgan fingerprint density at radius 3 is 2.93 bits per heavy atom. The number of nitrogens with one attached hydrogen (secondary N) is 1. The third-order valence-electron chi connectivity index (χ3n) is 2.77. The van der Waals surface area contributed by atoms with Crippen LogP contribution in [0.2, 0.25) is 0 Å². The number of thiophene rings is 1. The highest BCUT2D eigenvalue weighted by Gasteiger charge is 2.28. The van der Waals surface area contributed by atoms with E-state index in [4.69, 9.17) is 4.74 Å². The van der Waals surface area contributed by atoms with Gasteiger partial charge in [-0.1, -0.05) is 0 Å². The van der Waals surface area contributed by atoms with Crippen LogP contribution in [0.5, 0.6) is 0 Å². The summed E-state index contributed by atoms with van der Waals surface area (Å²) in [5, 5.41) is 3.37. The maximum Gasteiger partial charge on any atom is 0.0778 e. The van der Waals surface area contributed by atoms with Gasteiger partial charge in [-0.3, -0.25) is 0 Å². The van der Waals surface area contributed by atoms with E-state index in [1.807, 2.05) is 18.4 Å². The molecule has 0 aromatic carbocycles. The number of aryl methyl sites for hydroxylation is 1. The molecule has 1 N–H and O–H groups in total. The van der Waals surface area contributed by atoms with Crippen LogP contribution in [0.15, 0.2) is 10.5 Å². The van der Waals surface area contributed by atoms with E-state index in [2.05, 4.69) is 34.2 Å². The van der Waals surface area contributed by atoms with Gasteiger partial charge in [-0.15, -0.1) is 11.3 Å². The van der Waals surface area contributed by atoms with E-state index in [0.717, 1.165) is 13.0 Å². The normalized spacial score (nSPS) is 23.3. The quantitative estimate of drug-likeness (QED) is 0.922. The lowest BCUT2D eigenvalue weighted by Crippen LogP contribution is -2.28.